The zero-order valence-corrected chi connectivity index (χ0v) is 29.7. The third-order valence-corrected chi connectivity index (χ3v) is 8.67. The van der Waals surface area contributed by atoms with E-state index in [1.165, 1.54) is 89.9 Å². The summed E-state index contributed by atoms with van der Waals surface area (Å²) in [7, 11) is 4.17. The van der Waals surface area contributed by atoms with Crippen LogP contribution in [0.2, 0.25) is 0 Å². The fourth-order valence-electron chi connectivity index (χ4n) is 5.62. The van der Waals surface area contributed by atoms with Crippen LogP contribution in [-0.4, -0.2) is 62.0 Å². The molecule has 0 atom stereocenters. The molecular weight excluding hydrogens is 572 g/mol. The maximum Gasteiger partial charge on any atom is 0.307 e. The van der Waals surface area contributed by atoms with Crippen LogP contribution in [0.25, 0.3) is 11.1 Å². The molecule has 0 aromatic heterocycles. The summed E-state index contributed by atoms with van der Waals surface area (Å²) >= 11 is 0. The Balaban J connectivity index is 1.67. The van der Waals surface area contributed by atoms with Gasteiger partial charge in [-0.3, -0.25) is 9.59 Å². The highest BCUT2D eigenvalue weighted by molar-refractivity contribution is 5.70. The zero-order chi connectivity index (χ0) is 33.2. The van der Waals surface area contributed by atoms with Gasteiger partial charge in [-0.05, 0) is 74.4 Å². The Morgan fingerprint density at radius 1 is 0.522 bits per heavy atom. The topological polar surface area (TPSA) is 59.1 Å². The van der Waals surface area contributed by atoms with Gasteiger partial charge < -0.3 is 19.3 Å². The van der Waals surface area contributed by atoms with E-state index in [0.717, 1.165) is 48.4 Å². The summed E-state index contributed by atoms with van der Waals surface area (Å²) in [4.78, 5) is 29.3. The van der Waals surface area contributed by atoms with Gasteiger partial charge >= 0.3 is 11.9 Å². The lowest BCUT2D eigenvalue weighted by molar-refractivity contribution is -0.146. The monoisotopic (exact) mass is 636 g/mol. The maximum atomic E-state index is 12.4. The molecule has 0 amide bonds. The van der Waals surface area contributed by atoms with Gasteiger partial charge in [0.15, 0.2) is 0 Å². The van der Waals surface area contributed by atoms with Gasteiger partial charge in [0.2, 0.25) is 0 Å². The van der Waals surface area contributed by atoms with Crippen molar-refractivity contribution in [3.8, 4) is 11.1 Å². The van der Waals surface area contributed by atoms with Gasteiger partial charge in [0.05, 0.1) is 12.8 Å². The normalized spacial score (nSPS) is 11.3. The first-order chi connectivity index (χ1) is 22.4. The standard InChI is InChI=1S/C40H64N2O4/c1-5-7-9-11-13-15-17-27-41(3)29-25-39(43)45-33-35-21-19-23-37(31-35)38-24-20-22-36(32-38)34-46-40(44)26-30-42(4)28-18-16-14-12-10-8-6-2/h19-24,31-32H,5-18,25-30,33-34H2,1-4H3. The van der Waals surface area contributed by atoms with E-state index in [1.807, 2.05) is 24.3 Å². The zero-order valence-electron chi connectivity index (χ0n) is 29.7. The molecule has 0 aliphatic heterocycles. The Hall–Kier alpha value is -2.70. The number of nitrogens with zero attached hydrogens (tertiary/aromatic N) is 2. The van der Waals surface area contributed by atoms with E-state index in [9.17, 15) is 9.59 Å². The fourth-order valence-corrected chi connectivity index (χ4v) is 5.62. The molecule has 0 heterocycles. The lowest BCUT2D eigenvalue weighted by Crippen LogP contribution is -2.23. The predicted molar refractivity (Wildman–Crippen MR) is 192 cm³/mol. The SMILES string of the molecule is CCCCCCCCCN(C)CCC(=O)OCc1cccc(-c2cccc(COC(=O)CCN(C)CCCCCCCCC)c2)c1. The van der Waals surface area contributed by atoms with Crippen molar-refractivity contribution in [1.29, 1.82) is 0 Å². The van der Waals surface area contributed by atoms with Gasteiger partial charge in [-0.25, -0.2) is 0 Å². The second-order valence-corrected chi connectivity index (χ2v) is 13.1. The summed E-state index contributed by atoms with van der Waals surface area (Å²) in [6.07, 6.45) is 19.0. The van der Waals surface area contributed by atoms with E-state index >= 15 is 0 Å². The first-order valence-electron chi connectivity index (χ1n) is 18.3. The smallest absolute Gasteiger partial charge is 0.307 e. The first-order valence-corrected chi connectivity index (χ1v) is 18.3. The van der Waals surface area contributed by atoms with E-state index in [0.29, 0.717) is 12.8 Å². The average Bonchev–Trinajstić information content (AvgIpc) is 3.07. The van der Waals surface area contributed by atoms with Crippen molar-refractivity contribution < 1.29 is 19.1 Å². The molecule has 0 bridgehead atoms. The number of carbonyl (C=O) groups is 2. The molecule has 0 saturated heterocycles. The van der Waals surface area contributed by atoms with E-state index in [1.54, 1.807) is 0 Å². The molecule has 258 valence electrons. The maximum absolute atomic E-state index is 12.4. The molecule has 6 nitrogen and oxygen atoms in total. The Labute approximate surface area is 281 Å². The Morgan fingerprint density at radius 2 is 0.891 bits per heavy atom. The Kier molecular flexibility index (Phi) is 21.8. The van der Waals surface area contributed by atoms with E-state index in [-0.39, 0.29) is 25.2 Å². The summed E-state index contributed by atoms with van der Waals surface area (Å²) in [5, 5.41) is 0. The molecule has 0 spiro atoms. The highest BCUT2D eigenvalue weighted by atomic mass is 16.5. The van der Waals surface area contributed by atoms with Crippen LogP contribution in [0.3, 0.4) is 0 Å². The Bertz CT molecular complexity index is 1000. The minimum absolute atomic E-state index is 0.162. The van der Waals surface area contributed by atoms with Crippen molar-refractivity contribution >= 4 is 11.9 Å². The van der Waals surface area contributed by atoms with Crippen molar-refractivity contribution in [1.82, 2.24) is 9.80 Å². The van der Waals surface area contributed by atoms with Crippen LogP contribution in [0.15, 0.2) is 48.5 Å². The second-order valence-electron chi connectivity index (χ2n) is 13.1. The summed E-state index contributed by atoms with van der Waals surface area (Å²) in [5.41, 5.74) is 4.01. The number of hydrogen-bond donors (Lipinski definition) is 0. The van der Waals surface area contributed by atoms with Crippen LogP contribution in [0.1, 0.15) is 128 Å². The third kappa shape index (κ3) is 19.1. The van der Waals surface area contributed by atoms with Gasteiger partial charge in [-0.2, -0.15) is 0 Å². The van der Waals surface area contributed by atoms with Crippen molar-refractivity contribution in [2.75, 3.05) is 40.3 Å². The number of benzene rings is 2. The van der Waals surface area contributed by atoms with Crippen LogP contribution < -0.4 is 0 Å². The average molecular weight is 637 g/mol. The Morgan fingerprint density at radius 3 is 1.28 bits per heavy atom. The van der Waals surface area contributed by atoms with Crippen molar-refractivity contribution in [2.24, 2.45) is 0 Å². The fraction of sp³-hybridized carbons (Fsp3) is 0.650. The number of carbonyl (C=O) groups excluding carboxylic acids is 2. The van der Waals surface area contributed by atoms with Crippen LogP contribution in [0.4, 0.5) is 0 Å². The van der Waals surface area contributed by atoms with Crippen molar-refractivity contribution in [2.45, 2.75) is 130 Å². The minimum atomic E-state index is -0.162. The lowest BCUT2D eigenvalue weighted by Gasteiger charge is -2.16. The molecule has 0 N–H and O–H groups in total. The summed E-state index contributed by atoms with van der Waals surface area (Å²) in [5.74, 6) is -0.325. The molecule has 6 heteroatoms. The van der Waals surface area contributed by atoms with Crippen LogP contribution >= 0.6 is 0 Å². The van der Waals surface area contributed by atoms with E-state index in [2.05, 4.69) is 62.0 Å². The van der Waals surface area contributed by atoms with Crippen molar-refractivity contribution in [3.05, 3.63) is 59.7 Å². The predicted octanol–water partition coefficient (Wildman–Crippen LogP) is 9.59. The van der Waals surface area contributed by atoms with E-state index < -0.39 is 0 Å². The number of unbranched alkanes of at least 4 members (excludes halogenated alkanes) is 12. The largest absolute Gasteiger partial charge is 0.461 e. The van der Waals surface area contributed by atoms with Gasteiger partial charge in [0, 0.05) is 13.1 Å². The van der Waals surface area contributed by atoms with Gasteiger partial charge in [0.25, 0.3) is 0 Å². The highest BCUT2D eigenvalue weighted by Gasteiger charge is 2.09. The number of esters is 2. The lowest BCUT2D eigenvalue weighted by atomic mass is 10.0. The third-order valence-electron chi connectivity index (χ3n) is 8.67. The highest BCUT2D eigenvalue weighted by Crippen LogP contribution is 2.23. The number of rotatable bonds is 27. The van der Waals surface area contributed by atoms with E-state index in [4.69, 9.17) is 9.47 Å². The summed E-state index contributed by atoms with van der Waals surface area (Å²) in [6, 6.07) is 16.2. The number of ether oxygens (including phenoxy) is 2. The molecule has 0 fully saturated rings. The molecular formula is C40H64N2O4. The molecule has 2 rings (SSSR count). The molecule has 0 radical (unpaired) electrons. The molecule has 0 aliphatic rings. The molecule has 0 saturated carbocycles. The molecule has 0 unspecified atom stereocenters. The summed E-state index contributed by atoms with van der Waals surface area (Å²) < 4.78 is 11.2. The van der Waals surface area contributed by atoms with Crippen LogP contribution in [-0.2, 0) is 32.3 Å². The first kappa shape index (κ1) is 39.5. The quantitative estimate of drug-likeness (QED) is 0.0719. The minimum Gasteiger partial charge on any atom is -0.461 e. The van der Waals surface area contributed by atoms with Gasteiger partial charge in [-0.15, -0.1) is 0 Å². The second kappa shape index (κ2) is 25.4. The molecule has 0 aliphatic carbocycles. The van der Waals surface area contributed by atoms with Crippen molar-refractivity contribution in [3.63, 3.8) is 0 Å². The van der Waals surface area contributed by atoms with Crippen LogP contribution in [0.5, 0.6) is 0 Å². The summed E-state index contributed by atoms with van der Waals surface area (Å²) in [6.45, 7) is 8.52. The molecule has 2 aromatic rings. The van der Waals surface area contributed by atoms with Gasteiger partial charge in [-0.1, -0.05) is 127 Å². The molecule has 2 aromatic carbocycles. The number of hydrogen-bond acceptors (Lipinski definition) is 6. The molecule has 46 heavy (non-hydrogen) atoms. The van der Waals surface area contributed by atoms with Gasteiger partial charge in [0.1, 0.15) is 13.2 Å². The van der Waals surface area contributed by atoms with Crippen LogP contribution in [0, 0.1) is 0 Å².